The number of aromatic nitrogens is 4. The van der Waals surface area contributed by atoms with Crippen molar-refractivity contribution in [2.24, 2.45) is 0 Å². The summed E-state index contributed by atoms with van der Waals surface area (Å²) in [5, 5.41) is 14.4. The highest BCUT2D eigenvalue weighted by Gasteiger charge is 2.41. The van der Waals surface area contributed by atoms with Crippen LogP contribution in [0.25, 0.3) is 11.4 Å². The lowest BCUT2D eigenvalue weighted by Gasteiger charge is -2.34. The molecule has 0 fully saturated rings. The second-order valence-corrected chi connectivity index (χ2v) is 7.60. The lowest BCUT2D eigenvalue weighted by Crippen LogP contribution is -2.39. The zero-order valence-electron chi connectivity index (χ0n) is 16.6. The van der Waals surface area contributed by atoms with Crippen molar-refractivity contribution in [1.82, 2.24) is 20.2 Å². The molecule has 0 aliphatic carbocycles. The van der Waals surface area contributed by atoms with Gasteiger partial charge < -0.3 is 0 Å². The summed E-state index contributed by atoms with van der Waals surface area (Å²) in [5.74, 6) is 0.484. The van der Waals surface area contributed by atoms with E-state index in [-0.39, 0.29) is 0 Å². The van der Waals surface area contributed by atoms with Gasteiger partial charge in [0, 0.05) is 5.56 Å². The van der Waals surface area contributed by atoms with Gasteiger partial charge in [-0.15, -0.1) is 15.0 Å². The van der Waals surface area contributed by atoms with Gasteiger partial charge in [-0.1, -0.05) is 115 Å². The Labute approximate surface area is 185 Å². The van der Waals surface area contributed by atoms with Gasteiger partial charge in [0.15, 0.2) is 5.54 Å². The highest BCUT2D eigenvalue weighted by molar-refractivity contribution is 6.33. The molecule has 0 aliphatic rings. The Morgan fingerprint density at radius 2 is 1.03 bits per heavy atom. The molecule has 31 heavy (non-hydrogen) atoms. The summed E-state index contributed by atoms with van der Waals surface area (Å²) < 4.78 is 0. The Morgan fingerprint density at radius 1 is 0.581 bits per heavy atom. The summed E-state index contributed by atoms with van der Waals surface area (Å²) in [6.07, 6.45) is 0. The average molecular weight is 423 g/mol. The van der Waals surface area contributed by atoms with Crippen molar-refractivity contribution < 1.29 is 0 Å². The van der Waals surface area contributed by atoms with Crippen LogP contribution in [0.15, 0.2) is 115 Å². The van der Waals surface area contributed by atoms with Crippen molar-refractivity contribution in [3.63, 3.8) is 0 Å². The van der Waals surface area contributed by atoms with E-state index in [4.69, 9.17) is 16.7 Å². The number of hydrogen-bond donors (Lipinski definition) is 0. The maximum absolute atomic E-state index is 6.42. The molecule has 4 aromatic carbocycles. The third-order valence-electron chi connectivity index (χ3n) is 5.40. The van der Waals surface area contributed by atoms with Crippen LogP contribution >= 0.6 is 11.6 Å². The van der Waals surface area contributed by atoms with Crippen molar-refractivity contribution in [3.05, 3.63) is 137 Å². The van der Waals surface area contributed by atoms with Crippen LogP contribution in [0.5, 0.6) is 0 Å². The summed E-state index contributed by atoms with van der Waals surface area (Å²) in [7, 11) is 0. The van der Waals surface area contributed by atoms with Gasteiger partial charge in [0.25, 0.3) is 0 Å². The van der Waals surface area contributed by atoms with Crippen LogP contribution in [-0.4, -0.2) is 20.2 Å². The van der Waals surface area contributed by atoms with E-state index in [1.807, 2.05) is 78.9 Å². The Bertz CT molecular complexity index is 1190. The highest BCUT2D eigenvalue weighted by atomic mass is 35.5. The van der Waals surface area contributed by atoms with Gasteiger partial charge in [-0.3, -0.25) is 0 Å². The zero-order valence-corrected chi connectivity index (χ0v) is 17.4. The van der Waals surface area contributed by atoms with E-state index in [0.29, 0.717) is 10.8 Å². The predicted molar refractivity (Wildman–Crippen MR) is 123 cm³/mol. The van der Waals surface area contributed by atoms with Crippen LogP contribution < -0.4 is 0 Å². The van der Waals surface area contributed by atoms with Crippen LogP contribution in [0.2, 0.25) is 5.02 Å². The molecule has 0 saturated carbocycles. The summed E-state index contributed by atoms with van der Waals surface area (Å²) in [5.41, 5.74) is 3.07. The van der Waals surface area contributed by atoms with E-state index in [0.717, 1.165) is 22.3 Å². The predicted octanol–water partition coefficient (Wildman–Crippen LogP) is 5.83. The van der Waals surface area contributed by atoms with E-state index < -0.39 is 5.54 Å². The third kappa shape index (κ3) is 3.31. The molecule has 1 heterocycles. The molecule has 150 valence electrons. The number of rotatable bonds is 5. The van der Waals surface area contributed by atoms with E-state index in [1.165, 1.54) is 0 Å². The Morgan fingerprint density at radius 3 is 1.52 bits per heavy atom. The summed E-state index contributed by atoms with van der Waals surface area (Å²) in [6.45, 7) is 0. The number of halogens is 1. The fourth-order valence-corrected chi connectivity index (χ4v) is 4.21. The molecule has 0 saturated heterocycles. The maximum atomic E-state index is 6.42. The Hall–Kier alpha value is -3.76. The molecule has 1 aromatic heterocycles. The first-order valence-corrected chi connectivity index (χ1v) is 10.4. The van der Waals surface area contributed by atoms with E-state index in [1.54, 1.807) is 4.80 Å². The molecule has 5 aromatic rings. The Balaban J connectivity index is 1.83. The minimum atomic E-state index is -0.795. The van der Waals surface area contributed by atoms with Crippen molar-refractivity contribution in [1.29, 1.82) is 0 Å². The van der Waals surface area contributed by atoms with E-state index in [2.05, 4.69) is 46.7 Å². The van der Waals surface area contributed by atoms with Gasteiger partial charge in [0.05, 0.1) is 5.02 Å². The topological polar surface area (TPSA) is 43.6 Å². The molecule has 0 bridgehead atoms. The van der Waals surface area contributed by atoms with Crippen molar-refractivity contribution in [3.8, 4) is 11.4 Å². The first kappa shape index (κ1) is 19.2. The normalized spacial score (nSPS) is 11.4. The second-order valence-electron chi connectivity index (χ2n) is 7.19. The minimum absolute atomic E-state index is 0.484. The minimum Gasteiger partial charge on any atom is -0.144 e. The smallest absolute Gasteiger partial charge is 0.144 e. The van der Waals surface area contributed by atoms with Crippen molar-refractivity contribution in [2.75, 3.05) is 0 Å². The van der Waals surface area contributed by atoms with Gasteiger partial charge in [0.1, 0.15) is 0 Å². The van der Waals surface area contributed by atoms with Crippen LogP contribution in [-0.2, 0) is 5.54 Å². The standard InChI is InChI=1S/C26H19ClN4/c27-24-19-11-10-18-23(24)25-28-30-31(29-25)26(20-12-4-1-5-13-20,21-14-6-2-7-15-21)22-16-8-3-9-17-22/h1-19H. The van der Waals surface area contributed by atoms with E-state index in [9.17, 15) is 0 Å². The second kappa shape index (κ2) is 8.17. The van der Waals surface area contributed by atoms with Crippen LogP contribution in [0.1, 0.15) is 16.7 Å². The fourth-order valence-electron chi connectivity index (χ4n) is 3.99. The molecular weight excluding hydrogens is 404 g/mol. The van der Waals surface area contributed by atoms with Crippen molar-refractivity contribution in [2.45, 2.75) is 5.54 Å². The van der Waals surface area contributed by atoms with Crippen molar-refractivity contribution >= 4 is 11.6 Å². The first-order valence-electron chi connectivity index (χ1n) is 10.0. The monoisotopic (exact) mass is 422 g/mol. The molecular formula is C26H19ClN4. The lowest BCUT2D eigenvalue weighted by atomic mass is 9.77. The van der Waals surface area contributed by atoms with E-state index >= 15 is 0 Å². The molecule has 0 unspecified atom stereocenters. The summed E-state index contributed by atoms with van der Waals surface area (Å²) in [6, 6.07) is 38.3. The summed E-state index contributed by atoms with van der Waals surface area (Å²) >= 11 is 6.42. The summed E-state index contributed by atoms with van der Waals surface area (Å²) in [4.78, 5) is 1.70. The average Bonchev–Trinajstić information content (AvgIpc) is 3.32. The molecule has 0 N–H and O–H groups in total. The number of hydrogen-bond acceptors (Lipinski definition) is 3. The van der Waals surface area contributed by atoms with Gasteiger partial charge in [-0.2, -0.15) is 0 Å². The van der Waals surface area contributed by atoms with Crippen LogP contribution in [0, 0.1) is 0 Å². The fraction of sp³-hybridized carbons (Fsp3) is 0.0385. The van der Waals surface area contributed by atoms with Gasteiger partial charge in [0.2, 0.25) is 5.82 Å². The molecule has 0 spiro atoms. The van der Waals surface area contributed by atoms with Gasteiger partial charge >= 0.3 is 0 Å². The number of tetrazole rings is 1. The SMILES string of the molecule is Clc1ccccc1-c1nnn(C(c2ccccc2)(c2ccccc2)c2ccccc2)n1. The highest BCUT2D eigenvalue weighted by Crippen LogP contribution is 2.40. The van der Waals surface area contributed by atoms with Crippen LogP contribution in [0.3, 0.4) is 0 Å². The number of benzene rings is 4. The molecule has 5 heteroatoms. The zero-order chi connectivity index (χ0) is 21.1. The number of nitrogens with zero attached hydrogens (tertiary/aromatic N) is 4. The Kier molecular flexibility index (Phi) is 5.06. The van der Waals surface area contributed by atoms with Gasteiger partial charge in [-0.25, -0.2) is 0 Å². The molecule has 5 rings (SSSR count). The maximum Gasteiger partial charge on any atom is 0.206 e. The first-order chi connectivity index (χ1) is 15.3. The molecule has 0 radical (unpaired) electrons. The molecule has 0 aliphatic heterocycles. The molecule has 0 atom stereocenters. The quantitative estimate of drug-likeness (QED) is 0.334. The lowest BCUT2D eigenvalue weighted by molar-refractivity contribution is 0.396. The molecule has 0 amide bonds. The molecule has 4 nitrogen and oxygen atoms in total. The van der Waals surface area contributed by atoms with Gasteiger partial charge in [-0.05, 0) is 34.0 Å². The third-order valence-corrected chi connectivity index (χ3v) is 5.73. The largest absolute Gasteiger partial charge is 0.206 e. The van der Waals surface area contributed by atoms with Crippen LogP contribution in [0.4, 0.5) is 0 Å².